The summed E-state index contributed by atoms with van der Waals surface area (Å²) >= 11 is 0. The monoisotopic (exact) mass is 465 g/mol. The maximum absolute atomic E-state index is 14.5. The van der Waals surface area contributed by atoms with Gasteiger partial charge in [-0.1, -0.05) is 30.3 Å². The number of aromatic nitrogens is 2. The minimum absolute atomic E-state index is 0.0405. The average molecular weight is 465 g/mol. The summed E-state index contributed by atoms with van der Waals surface area (Å²) in [5.74, 6) is -0.653. The zero-order chi connectivity index (χ0) is 23.9. The van der Waals surface area contributed by atoms with Crippen LogP contribution in [0.15, 0.2) is 42.5 Å². The van der Waals surface area contributed by atoms with Gasteiger partial charge in [-0.05, 0) is 11.6 Å². The number of fused-ring (bicyclic) bond motifs is 2. The van der Waals surface area contributed by atoms with Crippen molar-refractivity contribution in [3.63, 3.8) is 0 Å². The molecular weight excluding hydrogens is 441 g/mol. The first-order chi connectivity index (χ1) is 16.5. The van der Waals surface area contributed by atoms with Crippen LogP contribution in [0.4, 0.5) is 33.2 Å². The number of carbonyl (C=O) groups excluding carboxylic acids is 1. The fourth-order valence-corrected chi connectivity index (χ4v) is 4.25. The van der Waals surface area contributed by atoms with Crippen molar-refractivity contribution in [1.82, 2.24) is 9.97 Å². The number of hydrogen-bond donors (Lipinski definition) is 4. The first-order valence-electron chi connectivity index (χ1n) is 10.7. The summed E-state index contributed by atoms with van der Waals surface area (Å²) < 4.78 is 25.9. The van der Waals surface area contributed by atoms with E-state index >= 15 is 0 Å². The molecule has 0 fully saturated rings. The summed E-state index contributed by atoms with van der Waals surface area (Å²) in [7, 11) is 2.83. The predicted molar refractivity (Wildman–Crippen MR) is 125 cm³/mol. The highest BCUT2D eigenvalue weighted by Gasteiger charge is 2.49. The standard InChI is InChI=1S/C23H24FN7O3/c1-33-23(34-2)30-18-15(20(25)32)10-14(24)11-17(18)31(23)22-28-16-8-9-26-19(16)21(29-22)27-12-13-6-4-3-5-7-13/h3-7,10-11,26,30H,8-9,12H2,1-2H3,(H2,25,32)(H,27,28,29). The quantitative estimate of drug-likeness (QED) is 0.390. The molecule has 10 nitrogen and oxygen atoms in total. The summed E-state index contributed by atoms with van der Waals surface area (Å²) in [6, 6.07) is 10.6. The fraction of sp³-hybridized carbons (Fsp3) is 0.261. The van der Waals surface area contributed by atoms with E-state index in [9.17, 15) is 9.18 Å². The molecule has 5 N–H and O–H groups in total. The lowest BCUT2D eigenvalue weighted by Gasteiger charge is -2.34. The molecule has 0 atom stereocenters. The van der Waals surface area contributed by atoms with Gasteiger partial charge in [0.15, 0.2) is 5.82 Å². The summed E-state index contributed by atoms with van der Waals surface area (Å²) in [6.45, 7) is 1.25. The third-order valence-corrected chi connectivity index (χ3v) is 5.86. The number of nitrogens with two attached hydrogens (primary N) is 1. The van der Waals surface area contributed by atoms with Crippen molar-refractivity contribution < 1.29 is 18.7 Å². The van der Waals surface area contributed by atoms with Gasteiger partial charge < -0.3 is 31.2 Å². The molecule has 34 heavy (non-hydrogen) atoms. The molecule has 0 saturated heterocycles. The maximum atomic E-state index is 14.5. The summed E-state index contributed by atoms with van der Waals surface area (Å²) in [5.41, 5.74) is 8.68. The third kappa shape index (κ3) is 3.55. The van der Waals surface area contributed by atoms with Gasteiger partial charge in [-0.3, -0.25) is 4.79 Å². The van der Waals surface area contributed by atoms with Crippen LogP contribution in [0.1, 0.15) is 21.6 Å². The van der Waals surface area contributed by atoms with Crippen LogP contribution in [0.3, 0.4) is 0 Å². The lowest BCUT2D eigenvalue weighted by Crippen LogP contribution is -2.52. The molecule has 5 rings (SSSR count). The molecule has 2 aliphatic heterocycles. The Labute approximate surface area is 195 Å². The Balaban J connectivity index is 1.63. The second-order valence-electron chi connectivity index (χ2n) is 7.87. The topological polar surface area (TPSA) is 127 Å². The van der Waals surface area contributed by atoms with E-state index in [1.54, 1.807) is 0 Å². The van der Waals surface area contributed by atoms with Crippen LogP contribution >= 0.6 is 0 Å². The van der Waals surface area contributed by atoms with E-state index in [-0.39, 0.29) is 22.9 Å². The highest BCUT2D eigenvalue weighted by molar-refractivity contribution is 6.03. The number of carbonyl (C=O) groups is 1. The molecule has 3 aromatic rings. The van der Waals surface area contributed by atoms with E-state index in [1.165, 1.54) is 25.2 Å². The third-order valence-electron chi connectivity index (χ3n) is 5.86. The van der Waals surface area contributed by atoms with Crippen molar-refractivity contribution in [3.8, 4) is 0 Å². The number of nitrogens with zero attached hydrogens (tertiary/aromatic N) is 3. The molecule has 0 spiro atoms. The van der Waals surface area contributed by atoms with Crippen LogP contribution in [0.25, 0.3) is 0 Å². The summed E-state index contributed by atoms with van der Waals surface area (Å²) in [4.78, 5) is 23.0. The maximum Gasteiger partial charge on any atom is 0.347 e. The lowest BCUT2D eigenvalue weighted by atomic mass is 10.1. The molecule has 0 saturated carbocycles. The van der Waals surface area contributed by atoms with Gasteiger partial charge >= 0.3 is 6.03 Å². The normalized spacial score (nSPS) is 15.3. The molecule has 0 bridgehead atoms. The van der Waals surface area contributed by atoms with Gasteiger partial charge in [0.2, 0.25) is 5.95 Å². The molecule has 1 amide bonds. The highest BCUT2D eigenvalue weighted by atomic mass is 19.1. The van der Waals surface area contributed by atoms with Crippen LogP contribution in [0, 0.1) is 5.82 Å². The van der Waals surface area contributed by atoms with Gasteiger partial charge in [-0.15, -0.1) is 0 Å². The van der Waals surface area contributed by atoms with Crippen molar-refractivity contribution in [2.24, 2.45) is 5.73 Å². The first-order valence-corrected chi connectivity index (χ1v) is 10.7. The van der Waals surface area contributed by atoms with Crippen LogP contribution in [0.5, 0.6) is 0 Å². The number of benzene rings is 2. The summed E-state index contributed by atoms with van der Waals surface area (Å²) in [6.07, 6.45) is 0.682. The van der Waals surface area contributed by atoms with Crippen molar-refractivity contribution in [2.45, 2.75) is 19.0 Å². The Morgan fingerprint density at radius 1 is 1.21 bits per heavy atom. The van der Waals surface area contributed by atoms with E-state index < -0.39 is 17.8 Å². The smallest absolute Gasteiger partial charge is 0.347 e. The molecule has 176 valence electrons. The number of ether oxygens (including phenoxy) is 2. The Kier molecular flexibility index (Phi) is 5.42. The van der Waals surface area contributed by atoms with E-state index in [0.717, 1.165) is 23.0 Å². The Bertz CT molecular complexity index is 1250. The molecule has 2 aliphatic rings. The Morgan fingerprint density at radius 2 is 1.97 bits per heavy atom. The van der Waals surface area contributed by atoms with Gasteiger partial charge in [0.25, 0.3) is 5.91 Å². The zero-order valence-corrected chi connectivity index (χ0v) is 18.7. The first kappa shape index (κ1) is 21.9. The van der Waals surface area contributed by atoms with Gasteiger partial charge in [-0.25, -0.2) is 14.3 Å². The van der Waals surface area contributed by atoms with E-state index in [0.29, 0.717) is 25.3 Å². The fourth-order valence-electron chi connectivity index (χ4n) is 4.25. The van der Waals surface area contributed by atoms with Gasteiger partial charge in [-0.2, -0.15) is 4.98 Å². The average Bonchev–Trinajstić information content (AvgIpc) is 3.45. The number of rotatable bonds is 7. The molecule has 1 aromatic heterocycles. The number of hydrogen-bond acceptors (Lipinski definition) is 9. The molecule has 0 aliphatic carbocycles. The molecular formula is C23H24FN7O3. The Hall–Kier alpha value is -3.96. The number of halogens is 1. The number of anilines is 5. The molecule has 0 unspecified atom stereocenters. The van der Waals surface area contributed by atoms with E-state index in [2.05, 4.69) is 16.0 Å². The van der Waals surface area contributed by atoms with Gasteiger partial charge in [0.1, 0.15) is 5.82 Å². The summed E-state index contributed by atoms with van der Waals surface area (Å²) in [5, 5.41) is 9.70. The minimum atomic E-state index is -1.63. The second kappa shape index (κ2) is 8.43. The van der Waals surface area contributed by atoms with Crippen LogP contribution in [-0.4, -0.2) is 42.7 Å². The number of nitrogens with one attached hydrogen (secondary N) is 3. The highest BCUT2D eigenvalue weighted by Crippen LogP contribution is 2.47. The van der Waals surface area contributed by atoms with Crippen molar-refractivity contribution in [2.75, 3.05) is 41.6 Å². The molecule has 0 radical (unpaired) electrons. The Morgan fingerprint density at radius 3 is 2.68 bits per heavy atom. The van der Waals surface area contributed by atoms with Gasteiger partial charge in [0, 0.05) is 39.8 Å². The SMILES string of the molecule is COC1(OC)Nc2c(C(N)=O)cc(F)cc2N1c1nc2c(c(NCc3ccccc3)n1)NCC2. The second-order valence-corrected chi connectivity index (χ2v) is 7.87. The van der Waals surface area contributed by atoms with Crippen LogP contribution in [-0.2, 0) is 22.4 Å². The number of amides is 1. The molecule has 3 heterocycles. The number of methoxy groups -OCH3 is 2. The van der Waals surface area contributed by atoms with Crippen molar-refractivity contribution in [3.05, 3.63) is 65.1 Å². The van der Waals surface area contributed by atoms with Crippen LogP contribution in [0.2, 0.25) is 0 Å². The lowest BCUT2D eigenvalue weighted by molar-refractivity contribution is -0.175. The number of primary amides is 1. The van der Waals surface area contributed by atoms with Gasteiger partial charge in [0.05, 0.1) is 28.3 Å². The van der Waals surface area contributed by atoms with Crippen molar-refractivity contribution in [1.29, 1.82) is 0 Å². The largest absolute Gasteiger partial charge is 0.380 e. The van der Waals surface area contributed by atoms with Crippen molar-refractivity contribution >= 4 is 34.7 Å². The van der Waals surface area contributed by atoms with E-state index in [1.807, 2.05) is 30.3 Å². The zero-order valence-electron chi connectivity index (χ0n) is 18.7. The molecule has 11 heteroatoms. The van der Waals surface area contributed by atoms with E-state index in [4.69, 9.17) is 25.2 Å². The molecule has 2 aromatic carbocycles. The predicted octanol–water partition coefficient (Wildman–Crippen LogP) is 2.76. The minimum Gasteiger partial charge on any atom is -0.380 e. The van der Waals surface area contributed by atoms with Crippen LogP contribution < -0.4 is 26.6 Å².